The molecule has 3 aromatic carbocycles. The van der Waals surface area contributed by atoms with Crippen LogP contribution >= 0.6 is 36.7 Å². The maximum Gasteiger partial charge on any atom is 0.271 e. The van der Waals surface area contributed by atoms with Gasteiger partial charge in [0.2, 0.25) is 5.78 Å². The number of rotatable bonds is 18. The van der Waals surface area contributed by atoms with Crippen LogP contribution < -0.4 is 21.3 Å². The molecule has 1 unspecified atom stereocenters. The SMILES string of the molecule is CCNC(=O)c1cn(-c2ccc(-n3cc(CNC(=S)OC)nn3)cc2F)cn1.COC(=S)NCc1cn(-c2ccc(-n3cnc(C(=O)CO)c3)c(F)c2)nn1.COC(=S)NCc1cn(-c2ccc(-n3cnc(C(O)CO)c3)c(F)c2)nn1. The molecule has 428 valence electrons. The lowest BCUT2D eigenvalue weighted by Crippen LogP contribution is -2.22. The van der Waals surface area contributed by atoms with E-state index >= 15 is 0 Å². The van der Waals surface area contributed by atoms with Gasteiger partial charge in [0.15, 0.2) is 0 Å². The van der Waals surface area contributed by atoms with Gasteiger partial charge in [-0.1, -0.05) is 15.6 Å². The summed E-state index contributed by atoms with van der Waals surface area (Å²) in [5, 5.41) is 63.2. The second-order valence-electron chi connectivity index (χ2n) is 16.6. The van der Waals surface area contributed by atoms with E-state index < -0.39 is 42.6 Å². The maximum atomic E-state index is 14.6. The van der Waals surface area contributed by atoms with Gasteiger partial charge in [0.1, 0.15) is 71.3 Å². The summed E-state index contributed by atoms with van der Waals surface area (Å²) in [6.07, 6.45) is 12.2. The molecule has 6 heterocycles. The molecule has 33 heteroatoms. The fourth-order valence-electron chi connectivity index (χ4n) is 7.00. The predicted molar refractivity (Wildman–Crippen MR) is 296 cm³/mol. The molecule has 0 bridgehead atoms. The summed E-state index contributed by atoms with van der Waals surface area (Å²) in [7, 11) is 4.39. The monoisotopic (exact) mass is 1190 g/mol. The molecule has 0 spiro atoms. The summed E-state index contributed by atoms with van der Waals surface area (Å²) in [6, 6.07) is 13.6. The number of carbonyl (C=O) groups excluding carboxylic acids is 2. The molecule has 9 rings (SSSR count). The number of benzene rings is 3. The summed E-state index contributed by atoms with van der Waals surface area (Å²) in [5.74, 6) is -2.39. The van der Waals surface area contributed by atoms with Gasteiger partial charge >= 0.3 is 0 Å². The Morgan fingerprint density at radius 2 is 0.939 bits per heavy atom. The van der Waals surface area contributed by atoms with Crippen molar-refractivity contribution in [3.63, 3.8) is 0 Å². The normalized spacial score (nSPS) is 11.0. The number of aliphatic hydroxyl groups is 3. The number of hydrogen-bond acceptors (Lipinski definition) is 20. The van der Waals surface area contributed by atoms with E-state index in [0.717, 1.165) is 0 Å². The van der Waals surface area contributed by atoms with Crippen LogP contribution in [0.15, 0.2) is 111 Å². The van der Waals surface area contributed by atoms with Gasteiger partial charge in [-0.25, -0.2) is 42.2 Å². The Kier molecular flexibility index (Phi) is 21.0. The lowest BCUT2D eigenvalue weighted by molar-refractivity contribution is 0.0898. The van der Waals surface area contributed by atoms with E-state index in [9.17, 15) is 27.9 Å². The smallest absolute Gasteiger partial charge is 0.271 e. The summed E-state index contributed by atoms with van der Waals surface area (Å²) in [4.78, 5) is 35.1. The molecular weight excluding hydrogens is 1140 g/mol. The molecule has 0 aliphatic heterocycles. The minimum atomic E-state index is -1.11. The summed E-state index contributed by atoms with van der Waals surface area (Å²) < 4.78 is 66.8. The molecule has 0 saturated heterocycles. The molecule has 1 amide bonds. The summed E-state index contributed by atoms with van der Waals surface area (Å²) in [6.45, 7) is 2.17. The molecule has 6 aromatic heterocycles. The van der Waals surface area contributed by atoms with E-state index in [2.05, 4.69) is 67.2 Å². The van der Waals surface area contributed by atoms with E-state index in [4.69, 9.17) is 61.1 Å². The van der Waals surface area contributed by atoms with Crippen LogP contribution in [0.4, 0.5) is 13.2 Å². The number of thiocarbonyl (C=S) groups is 3. The number of ketones is 1. The van der Waals surface area contributed by atoms with Gasteiger partial charge in [0.25, 0.3) is 21.4 Å². The quantitative estimate of drug-likeness (QED) is 0.0480. The Morgan fingerprint density at radius 1 is 0.561 bits per heavy atom. The van der Waals surface area contributed by atoms with Crippen LogP contribution in [0.2, 0.25) is 0 Å². The molecule has 82 heavy (non-hydrogen) atoms. The fraction of sp³-hybridized carbons (Fsp3) is 0.224. The molecule has 0 fully saturated rings. The van der Waals surface area contributed by atoms with Crippen molar-refractivity contribution in [2.45, 2.75) is 32.7 Å². The lowest BCUT2D eigenvalue weighted by atomic mass is 10.2. The summed E-state index contributed by atoms with van der Waals surface area (Å²) >= 11 is 14.7. The van der Waals surface area contributed by atoms with Gasteiger partial charge in [0, 0.05) is 43.3 Å². The Labute approximate surface area is 479 Å². The third-order valence-electron chi connectivity index (χ3n) is 11.1. The van der Waals surface area contributed by atoms with Gasteiger partial charge in [-0.3, -0.25) is 9.59 Å². The first-order valence-electron chi connectivity index (χ1n) is 24.0. The second-order valence-corrected chi connectivity index (χ2v) is 17.7. The highest BCUT2D eigenvalue weighted by molar-refractivity contribution is 7.80. The van der Waals surface area contributed by atoms with E-state index in [1.54, 1.807) is 48.9 Å². The van der Waals surface area contributed by atoms with Crippen molar-refractivity contribution >= 4 is 63.9 Å². The minimum absolute atomic E-state index is 0.0587. The highest BCUT2D eigenvalue weighted by Gasteiger charge is 2.17. The zero-order chi connectivity index (χ0) is 58.9. The van der Waals surface area contributed by atoms with Crippen LogP contribution in [0, 0.1) is 17.5 Å². The first-order chi connectivity index (χ1) is 39.5. The van der Waals surface area contributed by atoms with E-state index in [1.807, 2.05) is 6.92 Å². The Bertz CT molecular complexity index is 3680. The number of aliphatic hydroxyl groups excluding tert-OH is 3. The van der Waals surface area contributed by atoms with Crippen molar-refractivity contribution in [3.8, 4) is 34.1 Å². The molecule has 9 aromatic rings. The van der Waals surface area contributed by atoms with Crippen molar-refractivity contribution in [2.75, 3.05) is 41.1 Å². The number of carbonyl (C=O) groups is 2. The number of hydrogen-bond donors (Lipinski definition) is 7. The highest BCUT2D eigenvalue weighted by Crippen LogP contribution is 2.22. The molecule has 0 saturated carbocycles. The Balaban J connectivity index is 0.000000177. The fourth-order valence-corrected chi connectivity index (χ4v) is 7.22. The molecule has 0 radical (unpaired) electrons. The molecule has 0 aliphatic rings. The topological polar surface area (TPSA) is 316 Å². The maximum absolute atomic E-state index is 14.6. The van der Waals surface area contributed by atoms with Gasteiger partial charge in [-0.05, 0) is 80.0 Å². The van der Waals surface area contributed by atoms with Crippen LogP contribution in [0.3, 0.4) is 0 Å². The number of nitrogens with one attached hydrogen (secondary N) is 4. The number of nitrogens with zero attached hydrogens (tertiary/aromatic N) is 15. The first kappa shape index (κ1) is 60.2. The van der Waals surface area contributed by atoms with Crippen LogP contribution in [-0.2, 0) is 33.8 Å². The van der Waals surface area contributed by atoms with E-state index in [-0.39, 0.29) is 55.6 Å². The largest absolute Gasteiger partial charge is 0.474 e. The number of Topliss-reactive ketones (excluding diaryl/α,β-unsaturated/α-hetero) is 1. The van der Waals surface area contributed by atoms with E-state index in [0.29, 0.717) is 60.3 Å². The number of imidazole rings is 3. The average molecular weight is 1190 g/mol. The number of ether oxygens (including phenoxy) is 3. The third kappa shape index (κ3) is 15.7. The molecule has 0 aliphatic carbocycles. The molecule has 1 atom stereocenters. The zero-order valence-electron chi connectivity index (χ0n) is 43.7. The van der Waals surface area contributed by atoms with Gasteiger partial charge in [-0.15, -0.1) is 15.3 Å². The van der Waals surface area contributed by atoms with Crippen molar-refractivity contribution in [1.82, 2.24) is 94.9 Å². The molecular formula is C49H50F3N19O8S3. The highest BCUT2D eigenvalue weighted by atomic mass is 32.1. The van der Waals surface area contributed by atoms with Gasteiger partial charge in [0.05, 0.1) is 112 Å². The Morgan fingerprint density at radius 3 is 1.30 bits per heavy atom. The number of halogens is 3. The Hall–Kier alpha value is -9.41. The van der Waals surface area contributed by atoms with Crippen LogP contribution in [0.1, 0.15) is 56.8 Å². The van der Waals surface area contributed by atoms with Crippen molar-refractivity contribution < 1.29 is 52.3 Å². The van der Waals surface area contributed by atoms with Crippen LogP contribution in [0.25, 0.3) is 34.1 Å². The number of amides is 1. The van der Waals surface area contributed by atoms with Crippen molar-refractivity contribution in [1.29, 1.82) is 0 Å². The van der Waals surface area contributed by atoms with Gasteiger partial charge in [-0.2, -0.15) is 0 Å². The predicted octanol–water partition coefficient (Wildman–Crippen LogP) is 2.79. The zero-order valence-corrected chi connectivity index (χ0v) is 46.1. The average Bonchev–Trinajstić information content (AvgIpc) is 4.55. The minimum Gasteiger partial charge on any atom is -0.474 e. The number of methoxy groups -OCH3 is 3. The van der Waals surface area contributed by atoms with E-state index in [1.165, 1.54) is 111 Å². The standard InChI is InChI=1S/C17H18FN7O2S.C16H17FN6O3S.C16H15FN6O3S/c1-3-19-16(26)14-9-24(10-21-14)15-5-4-12(6-13(15)18)25-8-11(22-23-25)7-20-17(28)27-2;2*1-26-16(27)18-5-10-6-23(21-20-10)11-2-3-14(12(17)4-11)22-7-13(19-9-22)15(25)8-24/h4-6,8-10H,3,7H2,1-2H3,(H,19,26)(H,20,28);2-4,6-7,9,15,24-25H,5,8H2,1H3,(H,18,27);2-4,6-7,9,24H,5,8H2,1H3,(H,18,27). The second kappa shape index (κ2) is 28.6. The van der Waals surface area contributed by atoms with Gasteiger partial charge < -0.3 is 64.5 Å². The first-order valence-corrected chi connectivity index (χ1v) is 25.2. The number of aromatic nitrogens is 15. The van der Waals surface area contributed by atoms with Crippen molar-refractivity contribution in [3.05, 3.63) is 162 Å². The van der Waals surface area contributed by atoms with Crippen LogP contribution in [0.5, 0.6) is 0 Å². The lowest BCUT2D eigenvalue weighted by Gasteiger charge is -2.07. The summed E-state index contributed by atoms with van der Waals surface area (Å²) in [5.41, 5.74) is 4.51. The molecule has 27 nitrogen and oxygen atoms in total. The third-order valence-corrected chi connectivity index (χ3v) is 12.1. The van der Waals surface area contributed by atoms with Crippen molar-refractivity contribution in [2.24, 2.45) is 0 Å². The molecule has 7 N–H and O–H groups in total. The van der Waals surface area contributed by atoms with Crippen LogP contribution in [-0.4, -0.2) is 157 Å².